The second kappa shape index (κ2) is 7.10. The van der Waals surface area contributed by atoms with E-state index in [9.17, 15) is 4.79 Å². The van der Waals surface area contributed by atoms with Crippen molar-refractivity contribution in [1.29, 1.82) is 0 Å². The Bertz CT molecular complexity index is 1320. The number of fused-ring (bicyclic) bond motifs is 2. The third-order valence-electron chi connectivity index (χ3n) is 6.77. The van der Waals surface area contributed by atoms with Gasteiger partial charge >= 0.3 is 0 Å². The number of anilines is 1. The molecule has 0 radical (unpaired) electrons. The molecule has 3 nitrogen and oxygen atoms in total. The van der Waals surface area contributed by atoms with Gasteiger partial charge in [0.1, 0.15) is 6.17 Å². The maximum Gasteiger partial charge on any atom is 0.260 e. The van der Waals surface area contributed by atoms with Crippen LogP contribution in [0.1, 0.15) is 47.2 Å². The molecule has 31 heavy (non-hydrogen) atoms. The number of carbonyl (C=O) groups is 1. The third-order valence-corrected chi connectivity index (χ3v) is 7.30. The van der Waals surface area contributed by atoms with Crippen LogP contribution in [0.15, 0.2) is 77.3 Å². The molecule has 0 spiro atoms. The molecule has 0 fully saturated rings. The van der Waals surface area contributed by atoms with E-state index in [0.29, 0.717) is 5.56 Å². The highest BCUT2D eigenvalue weighted by molar-refractivity contribution is 9.10. The molecule has 1 unspecified atom stereocenters. The minimum Gasteiger partial charge on any atom is -0.322 e. The Morgan fingerprint density at radius 3 is 2.29 bits per heavy atom. The summed E-state index contributed by atoms with van der Waals surface area (Å²) in [6, 6.07) is 24.4. The zero-order valence-electron chi connectivity index (χ0n) is 18.2. The number of carbonyl (C=O) groups excluding carboxylic acids is 1. The van der Waals surface area contributed by atoms with Gasteiger partial charge in [-0.1, -0.05) is 66.2 Å². The van der Waals surface area contributed by atoms with Gasteiger partial charge in [0, 0.05) is 26.5 Å². The summed E-state index contributed by atoms with van der Waals surface area (Å²) in [7, 11) is 0. The van der Waals surface area contributed by atoms with E-state index in [1.54, 1.807) is 0 Å². The fraction of sp³-hybridized carbons (Fsp3) is 0.222. The maximum atomic E-state index is 13.9. The van der Waals surface area contributed by atoms with Crippen LogP contribution in [0.4, 0.5) is 5.69 Å². The molecule has 0 N–H and O–H groups in total. The first-order valence-corrected chi connectivity index (χ1v) is 11.4. The highest BCUT2D eigenvalue weighted by Gasteiger charge is 2.49. The minimum atomic E-state index is -0.263. The molecule has 5 rings (SSSR count). The molecule has 1 atom stereocenters. The van der Waals surface area contributed by atoms with Crippen LogP contribution < -0.4 is 4.90 Å². The van der Waals surface area contributed by atoms with Crippen LogP contribution in [-0.2, 0) is 5.41 Å². The Labute approximate surface area is 191 Å². The molecule has 0 saturated heterocycles. The quantitative estimate of drug-likeness (QED) is 0.303. The van der Waals surface area contributed by atoms with E-state index in [2.05, 4.69) is 90.7 Å². The van der Waals surface area contributed by atoms with Crippen LogP contribution in [0.2, 0.25) is 0 Å². The molecule has 1 aliphatic heterocycles. The monoisotopic (exact) mass is 472 g/mol. The van der Waals surface area contributed by atoms with Crippen LogP contribution >= 0.6 is 15.9 Å². The maximum absolute atomic E-state index is 13.9. The third kappa shape index (κ3) is 2.89. The molecular weight excluding hydrogens is 448 g/mol. The van der Waals surface area contributed by atoms with Crippen molar-refractivity contribution in [2.75, 3.05) is 4.90 Å². The van der Waals surface area contributed by atoms with E-state index in [1.807, 2.05) is 35.2 Å². The zero-order chi connectivity index (χ0) is 21.9. The van der Waals surface area contributed by atoms with Crippen molar-refractivity contribution in [1.82, 2.24) is 4.57 Å². The molecule has 1 amide bonds. The first-order chi connectivity index (χ1) is 14.8. The number of amides is 1. The lowest BCUT2D eigenvalue weighted by Gasteiger charge is -2.36. The van der Waals surface area contributed by atoms with Gasteiger partial charge in [0.2, 0.25) is 0 Å². The molecule has 156 valence electrons. The van der Waals surface area contributed by atoms with Gasteiger partial charge in [0.15, 0.2) is 0 Å². The fourth-order valence-corrected chi connectivity index (χ4v) is 5.35. The minimum absolute atomic E-state index is 0.0189. The van der Waals surface area contributed by atoms with Gasteiger partial charge in [0.05, 0.1) is 11.2 Å². The number of nitrogens with zero attached hydrogens (tertiary/aromatic N) is 2. The van der Waals surface area contributed by atoms with Gasteiger partial charge in [-0.25, -0.2) is 0 Å². The number of halogens is 1. The second-order valence-corrected chi connectivity index (χ2v) is 9.81. The van der Waals surface area contributed by atoms with Crippen LogP contribution in [0.3, 0.4) is 0 Å². The fourth-order valence-electron chi connectivity index (χ4n) is 5.08. The number of aromatic nitrogens is 1. The Morgan fingerprint density at radius 1 is 0.903 bits per heavy atom. The summed E-state index contributed by atoms with van der Waals surface area (Å²) in [5, 5.41) is 1.24. The summed E-state index contributed by atoms with van der Waals surface area (Å²) in [6.07, 6.45) is -0.167. The molecule has 2 heterocycles. The van der Waals surface area contributed by atoms with Crippen molar-refractivity contribution in [2.24, 2.45) is 0 Å². The molecule has 3 aromatic carbocycles. The number of benzene rings is 3. The van der Waals surface area contributed by atoms with Gasteiger partial charge < -0.3 is 4.57 Å². The van der Waals surface area contributed by atoms with Crippen molar-refractivity contribution in [2.45, 2.75) is 39.3 Å². The Kier molecular flexibility index (Phi) is 4.60. The molecule has 0 saturated carbocycles. The van der Waals surface area contributed by atoms with Crippen molar-refractivity contribution < 1.29 is 4.79 Å². The average Bonchev–Trinajstić information content (AvgIpc) is 3.15. The molecule has 1 aromatic heterocycles. The molecule has 4 heteroatoms. The molecule has 4 aromatic rings. The zero-order valence-corrected chi connectivity index (χ0v) is 19.8. The summed E-state index contributed by atoms with van der Waals surface area (Å²) in [6.45, 7) is 8.82. The van der Waals surface area contributed by atoms with E-state index < -0.39 is 0 Å². The van der Waals surface area contributed by atoms with E-state index in [-0.39, 0.29) is 17.5 Å². The number of para-hydroxylation sites is 2. The van der Waals surface area contributed by atoms with Crippen LogP contribution in [0.25, 0.3) is 10.9 Å². The predicted octanol–water partition coefficient (Wildman–Crippen LogP) is 7.16. The summed E-state index contributed by atoms with van der Waals surface area (Å²) in [4.78, 5) is 15.9. The normalized spacial score (nSPS) is 17.2. The SMILES string of the molecule is Cc1c(C)n(C2N(C(=O)c3ccc(Br)cc3)c3ccccc3C2(C)C)c2ccccc12. The summed E-state index contributed by atoms with van der Waals surface area (Å²) in [5.74, 6) is 0.0189. The highest BCUT2D eigenvalue weighted by atomic mass is 79.9. The lowest BCUT2D eigenvalue weighted by molar-refractivity contribution is 0.0957. The number of hydrogen-bond donors (Lipinski definition) is 0. The first-order valence-electron chi connectivity index (χ1n) is 10.6. The van der Waals surface area contributed by atoms with Gasteiger partial charge in [-0.05, 0) is 61.4 Å². The van der Waals surface area contributed by atoms with Crippen molar-refractivity contribution in [3.05, 3.63) is 99.7 Å². The number of hydrogen-bond acceptors (Lipinski definition) is 1. The molecular formula is C27H25BrN2O. The van der Waals surface area contributed by atoms with Gasteiger partial charge in [0.25, 0.3) is 5.91 Å². The van der Waals surface area contributed by atoms with Gasteiger partial charge in [-0.2, -0.15) is 0 Å². The summed E-state index contributed by atoms with van der Waals surface area (Å²) < 4.78 is 3.33. The smallest absolute Gasteiger partial charge is 0.260 e. The molecule has 1 aliphatic rings. The van der Waals surface area contributed by atoms with E-state index in [4.69, 9.17) is 0 Å². The second-order valence-electron chi connectivity index (χ2n) is 8.89. The topological polar surface area (TPSA) is 25.2 Å². The molecule has 0 aliphatic carbocycles. The summed E-state index contributed by atoms with van der Waals surface area (Å²) in [5.41, 5.74) is 6.23. The lowest BCUT2D eigenvalue weighted by Crippen LogP contribution is -2.42. The van der Waals surface area contributed by atoms with E-state index in [0.717, 1.165) is 15.7 Å². The van der Waals surface area contributed by atoms with Crippen molar-refractivity contribution in [3.63, 3.8) is 0 Å². The van der Waals surface area contributed by atoms with Crippen molar-refractivity contribution >= 4 is 38.4 Å². The van der Waals surface area contributed by atoms with Gasteiger partial charge in [-0.3, -0.25) is 9.69 Å². The Hall–Kier alpha value is -2.85. The predicted molar refractivity (Wildman–Crippen MR) is 131 cm³/mol. The van der Waals surface area contributed by atoms with Gasteiger partial charge in [-0.15, -0.1) is 0 Å². The van der Waals surface area contributed by atoms with Crippen molar-refractivity contribution in [3.8, 4) is 0 Å². The van der Waals surface area contributed by atoms with E-state index >= 15 is 0 Å². The Morgan fingerprint density at radius 2 is 1.55 bits per heavy atom. The van der Waals surface area contributed by atoms with Crippen LogP contribution in [0, 0.1) is 13.8 Å². The first kappa shape index (κ1) is 20.1. The van der Waals surface area contributed by atoms with E-state index in [1.165, 1.54) is 22.2 Å². The lowest BCUT2D eigenvalue weighted by atomic mass is 9.83. The number of aryl methyl sites for hydroxylation is 1. The standard InChI is InChI=1S/C27H25BrN2O/c1-17-18(2)29(23-11-7-5-9-21(17)23)26-27(3,4)22-10-6-8-12-24(22)30(26)25(31)19-13-15-20(28)16-14-19/h5-16,26H,1-4H3. The largest absolute Gasteiger partial charge is 0.322 e. The summed E-state index contributed by atoms with van der Waals surface area (Å²) >= 11 is 3.48. The number of rotatable bonds is 2. The highest BCUT2D eigenvalue weighted by Crippen LogP contribution is 2.52. The van der Waals surface area contributed by atoms with Crippen LogP contribution in [0.5, 0.6) is 0 Å². The average molecular weight is 473 g/mol. The molecule has 0 bridgehead atoms. The van der Waals surface area contributed by atoms with Crippen LogP contribution in [-0.4, -0.2) is 10.5 Å². The Balaban J connectivity index is 1.78.